The van der Waals surface area contributed by atoms with E-state index in [-0.39, 0.29) is 0 Å². The molecule has 0 saturated heterocycles. The van der Waals surface area contributed by atoms with Crippen molar-refractivity contribution in [3.05, 3.63) is 73.1 Å². The molecule has 1 aromatic heterocycles. The summed E-state index contributed by atoms with van der Waals surface area (Å²) in [7, 11) is 0. The molecule has 27 heavy (non-hydrogen) atoms. The van der Waals surface area contributed by atoms with Crippen LogP contribution < -0.4 is 4.74 Å². The molecule has 0 fully saturated rings. The number of hydrogen-bond acceptors (Lipinski definition) is 4. The van der Waals surface area contributed by atoms with Gasteiger partial charge in [-0.15, -0.1) is 0 Å². The van der Waals surface area contributed by atoms with Crippen molar-refractivity contribution < 1.29 is 4.74 Å². The Morgan fingerprint density at radius 1 is 0.704 bits per heavy atom. The molecule has 3 rings (SSSR count). The minimum atomic E-state index is 0.769. The summed E-state index contributed by atoms with van der Waals surface area (Å²) >= 11 is 0. The lowest BCUT2D eigenvalue weighted by Crippen LogP contribution is -1.96. The van der Waals surface area contributed by atoms with Crippen LogP contribution in [0.1, 0.15) is 32.6 Å². The molecule has 0 N–H and O–H groups in total. The summed E-state index contributed by atoms with van der Waals surface area (Å²) in [5, 5.41) is 8.61. The van der Waals surface area contributed by atoms with Crippen LogP contribution >= 0.6 is 0 Å². The van der Waals surface area contributed by atoms with Crippen molar-refractivity contribution in [2.75, 3.05) is 6.61 Å². The van der Waals surface area contributed by atoms with Crippen molar-refractivity contribution in [1.29, 1.82) is 0 Å². The van der Waals surface area contributed by atoms with E-state index in [0.717, 1.165) is 41.3 Å². The van der Waals surface area contributed by atoms with Crippen LogP contribution in [0.2, 0.25) is 0 Å². The monoisotopic (exact) mass is 359 g/mol. The molecule has 0 saturated carbocycles. The van der Waals surface area contributed by atoms with Crippen molar-refractivity contribution in [2.45, 2.75) is 32.6 Å². The Morgan fingerprint density at radius 2 is 1.30 bits per heavy atom. The Bertz CT molecular complexity index is 828. The average molecular weight is 359 g/mol. The Kier molecular flexibility index (Phi) is 7.10. The Morgan fingerprint density at radius 3 is 1.93 bits per heavy atom. The van der Waals surface area contributed by atoms with Gasteiger partial charge in [0, 0.05) is 12.4 Å². The summed E-state index contributed by atoms with van der Waals surface area (Å²) in [6.07, 6.45) is 8.43. The summed E-state index contributed by atoms with van der Waals surface area (Å²) < 4.78 is 5.75. The molecule has 0 aliphatic rings. The third-order valence-corrected chi connectivity index (χ3v) is 4.27. The number of rotatable bonds is 9. The maximum Gasteiger partial charge on any atom is 0.119 e. The Hall–Kier alpha value is -3.01. The molecule has 0 unspecified atom stereocenters. The third-order valence-electron chi connectivity index (χ3n) is 4.27. The van der Waals surface area contributed by atoms with Crippen LogP contribution in [0.25, 0.3) is 11.1 Å². The second kappa shape index (κ2) is 10.2. The highest BCUT2D eigenvalue weighted by Crippen LogP contribution is 2.24. The molecule has 1 heterocycles. The first kappa shape index (κ1) is 18.8. The van der Waals surface area contributed by atoms with Gasteiger partial charge >= 0.3 is 0 Å². The lowest BCUT2D eigenvalue weighted by Gasteiger charge is -2.05. The zero-order chi connectivity index (χ0) is 18.7. The molecule has 0 bridgehead atoms. The van der Waals surface area contributed by atoms with E-state index < -0.39 is 0 Å². The predicted molar refractivity (Wildman–Crippen MR) is 110 cm³/mol. The van der Waals surface area contributed by atoms with Crippen molar-refractivity contribution in [3.63, 3.8) is 0 Å². The zero-order valence-corrected chi connectivity index (χ0v) is 15.7. The second-order valence-corrected chi connectivity index (χ2v) is 6.39. The standard InChI is InChI=1S/C23H25N3O/c1-2-3-4-5-18-27-23-12-10-22(11-13-23)26-25-21-8-6-19(7-9-21)20-14-16-24-17-15-20/h6-17H,2-5,18H2,1H3/b26-25+. The third kappa shape index (κ3) is 6.03. The first-order chi connectivity index (χ1) is 13.3. The van der Waals surface area contributed by atoms with Crippen LogP contribution in [0.4, 0.5) is 11.4 Å². The smallest absolute Gasteiger partial charge is 0.119 e. The summed E-state index contributed by atoms with van der Waals surface area (Å²) in [6, 6.07) is 19.7. The summed E-state index contributed by atoms with van der Waals surface area (Å²) in [6.45, 7) is 2.98. The SMILES string of the molecule is CCCCCCOc1ccc(/N=N/c2ccc(-c3ccncc3)cc2)cc1. The summed E-state index contributed by atoms with van der Waals surface area (Å²) in [5.74, 6) is 0.882. The summed E-state index contributed by atoms with van der Waals surface area (Å²) in [4.78, 5) is 4.04. The molecular weight excluding hydrogens is 334 g/mol. The molecule has 4 nitrogen and oxygen atoms in total. The van der Waals surface area contributed by atoms with Gasteiger partial charge in [-0.05, 0) is 66.1 Å². The van der Waals surface area contributed by atoms with Gasteiger partial charge in [-0.25, -0.2) is 0 Å². The van der Waals surface area contributed by atoms with E-state index in [0.29, 0.717) is 0 Å². The highest BCUT2D eigenvalue weighted by Gasteiger charge is 1.98. The molecule has 138 valence electrons. The molecule has 0 aliphatic heterocycles. The van der Waals surface area contributed by atoms with Crippen molar-refractivity contribution in [3.8, 4) is 16.9 Å². The molecule has 3 aromatic rings. The highest BCUT2D eigenvalue weighted by molar-refractivity contribution is 5.64. The van der Waals surface area contributed by atoms with Crippen molar-refractivity contribution in [1.82, 2.24) is 4.98 Å². The van der Waals surface area contributed by atoms with Crippen LogP contribution in [0, 0.1) is 0 Å². The van der Waals surface area contributed by atoms with E-state index in [1.54, 1.807) is 12.4 Å². The number of nitrogens with zero attached hydrogens (tertiary/aromatic N) is 3. The van der Waals surface area contributed by atoms with E-state index in [4.69, 9.17) is 4.74 Å². The second-order valence-electron chi connectivity index (χ2n) is 6.39. The van der Waals surface area contributed by atoms with Gasteiger partial charge in [0.15, 0.2) is 0 Å². The number of pyridine rings is 1. The van der Waals surface area contributed by atoms with E-state index in [9.17, 15) is 0 Å². The Balaban J connectivity index is 1.53. The van der Waals surface area contributed by atoms with Crippen LogP contribution in [0.5, 0.6) is 5.75 Å². The fourth-order valence-electron chi connectivity index (χ4n) is 2.71. The molecule has 0 aliphatic carbocycles. The van der Waals surface area contributed by atoms with Gasteiger partial charge in [-0.2, -0.15) is 10.2 Å². The van der Waals surface area contributed by atoms with Gasteiger partial charge in [-0.1, -0.05) is 38.3 Å². The Labute approximate surface area is 161 Å². The first-order valence-electron chi connectivity index (χ1n) is 9.50. The average Bonchev–Trinajstić information content (AvgIpc) is 2.74. The van der Waals surface area contributed by atoms with Gasteiger partial charge in [0.2, 0.25) is 0 Å². The molecular formula is C23H25N3O. The van der Waals surface area contributed by atoms with Gasteiger partial charge in [0.05, 0.1) is 18.0 Å². The molecule has 4 heteroatoms. The predicted octanol–water partition coefficient (Wildman–Crippen LogP) is 7.12. The van der Waals surface area contributed by atoms with Crippen LogP contribution in [0.3, 0.4) is 0 Å². The summed E-state index contributed by atoms with van der Waals surface area (Å²) in [5.41, 5.74) is 3.91. The van der Waals surface area contributed by atoms with E-state index in [1.165, 1.54) is 19.3 Å². The topological polar surface area (TPSA) is 46.8 Å². The fraction of sp³-hybridized carbons (Fsp3) is 0.261. The fourth-order valence-corrected chi connectivity index (χ4v) is 2.71. The van der Waals surface area contributed by atoms with Crippen LogP contribution in [-0.4, -0.2) is 11.6 Å². The minimum Gasteiger partial charge on any atom is -0.494 e. The van der Waals surface area contributed by atoms with Gasteiger partial charge in [0.25, 0.3) is 0 Å². The minimum absolute atomic E-state index is 0.769. The molecule has 0 amide bonds. The number of benzene rings is 2. The molecule has 0 atom stereocenters. The van der Waals surface area contributed by atoms with Gasteiger partial charge < -0.3 is 4.74 Å². The van der Waals surface area contributed by atoms with Crippen molar-refractivity contribution in [2.24, 2.45) is 10.2 Å². The van der Waals surface area contributed by atoms with Crippen molar-refractivity contribution >= 4 is 11.4 Å². The maximum absolute atomic E-state index is 5.75. The number of aromatic nitrogens is 1. The number of azo groups is 1. The van der Waals surface area contributed by atoms with E-state index in [1.807, 2.05) is 60.7 Å². The zero-order valence-electron chi connectivity index (χ0n) is 15.7. The number of ether oxygens (including phenoxy) is 1. The molecule has 0 spiro atoms. The molecule has 0 radical (unpaired) electrons. The van der Waals surface area contributed by atoms with Crippen LogP contribution in [-0.2, 0) is 0 Å². The van der Waals surface area contributed by atoms with E-state index in [2.05, 4.69) is 22.1 Å². The highest BCUT2D eigenvalue weighted by atomic mass is 16.5. The van der Waals surface area contributed by atoms with Crippen LogP contribution in [0.15, 0.2) is 83.3 Å². The van der Waals surface area contributed by atoms with Gasteiger partial charge in [0.1, 0.15) is 5.75 Å². The lowest BCUT2D eigenvalue weighted by molar-refractivity contribution is 0.305. The number of unbranched alkanes of at least 4 members (excludes halogenated alkanes) is 3. The number of hydrogen-bond donors (Lipinski definition) is 0. The normalized spacial score (nSPS) is 11.0. The maximum atomic E-state index is 5.75. The molecule has 2 aromatic carbocycles. The van der Waals surface area contributed by atoms with Gasteiger partial charge in [-0.3, -0.25) is 4.98 Å². The van der Waals surface area contributed by atoms with E-state index >= 15 is 0 Å². The lowest BCUT2D eigenvalue weighted by atomic mass is 10.1. The largest absolute Gasteiger partial charge is 0.494 e. The first-order valence-corrected chi connectivity index (χ1v) is 9.50. The quantitative estimate of drug-likeness (QED) is 0.301.